The van der Waals surface area contributed by atoms with Crippen LogP contribution >= 0.6 is 11.3 Å². The average molecular weight is 264 g/mol. The third-order valence-corrected chi connectivity index (χ3v) is 4.94. The van der Waals surface area contributed by atoms with Crippen LogP contribution in [-0.2, 0) is 0 Å². The molecule has 0 spiro atoms. The Kier molecular flexibility index (Phi) is 3.06. The molecular formula is C14H20N2OS. The first kappa shape index (κ1) is 12.0. The molecule has 2 unspecified atom stereocenters. The van der Waals surface area contributed by atoms with Crippen molar-refractivity contribution in [2.24, 2.45) is 11.8 Å². The van der Waals surface area contributed by atoms with Crippen LogP contribution in [0.25, 0.3) is 0 Å². The lowest BCUT2D eigenvalue weighted by atomic mass is 10.2. The number of rotatable bonds is 6. The summed E-state index contributed by atoms with van der Waals surface area (Å²) in [5, 5.41) is 4.58. The van der Waals surface area contributed by atoms with Gasteiger partial charge < -0.3 is 11.1 Å². The second-order valence-electron chi connectivity index (χ2n) is 5.57. The molecule has 1 aromatic rings. The number of anilines is 2. The summed E-state index contributed by atoms with van der Waals surface area (Å²) in [6.45, 7) is 2.23. The van der Waals surface area contributed by atoms with Gasteiger partial charge in [0, 0.05) is 12.0 Å². The van der Waals surface area contributed by atoms with Gasteiger partial charge in [0.25, 0.3) is 0 Å². The molecule has 1 heterocycles. The Hall–Kier alpha value is -1.03. The van der Waals surface area contributed by atoms with Gasteiger partial charge in [0.15, 0.2) is 5.78 Å². The minimum atomic E-state index is 0.256. The Morgan fingerprint density at radius 1 is 1.56 bits per heavy atom. The Morgan fingerprint density at radius 3 is 3.00 bits per heavy atom. The lowest BCUT2D eigenvalue weighted by molar-refractivity contribution is 0.0972. The van der Waals surface area contributed by atoms with Gasteiger partial charge in [0.05, 0.1) is 15.6 Å². The van der Waals surface area contributed by atoms with Crippen molar-refractivity contribution in [2.45, 2.75) is 45.1 Å². The predicted octanol–water partition coefficient (Wildman–Crippen LogP) is 3.52. The molecule has 0 radical (unpaired) electrons. The molecule has 0 aromatic carbocycles. The third-order valence-electron chi connectivity index (χ3n) is 3.84. The second-order valence-corrected chi connectivity index (χ2v) is 6.62. The van der Waals surface area contributed by atoms with Gasteiger partial charge in [-0.15, -0.1) is 11.3 Å². The summed E-state index contributed by atoms with van der Waals surface area (Å²) < 4.78 is 0. The molecule has 2 aliphatic carbocycles. The highest BCUT2D eigenvalue weighted by Crippen LogP contribution is 2.42. The lowest BCUT2D eigenvalue weighted by Crippen LogP contribution is -2.02. The van der Waals surface area contributed by atoms with E-state index in [9.17, 15) is 4.79 Å². The smallest absolute Gasteiger partial charge is 0.178 e. The third kappa shape index (κ3) is 2.39. The monoisotopic (exact) mass is 264 g/mol. The van der Waals surface area contributed by atoms with E-state index >= 15 is 0 Å². The molecule has 2 aliphatic rings. The maximum absolute atomic E-state index is 12.0. The molecule has 3 N–H and O–H groups in total. The molecule has 1 aromatic heterocycles. The van der Waals surface area contributed by atoms with E-state index in [1.54, 1.807) is 0 Å². The van der Waals surface area contributed by atoms with Crippen molar-refractivity contribution in [3.63, 3.8) is 0 Å². The summed E-state index contributed by atoms with van der Waals surface area (Å²) in [5.74, 6) is 1.33. The number of Topliss-reactive ketones (excluding diaryl/α,β-unsaturated/α-hetero) is 1. The Morgan fingerprint density at radius 2 is 2.33 bits per heavy atom. The molecule has 3 rings (SSSR count). The molecule has 3 nitrogen and oxygen atoms in total. The van der Waals surface area contributed by atoms with Gasteiger partial charge in [-0.1, -0.05) is 13.3 Å². The largest absolute Gasteiger partial charge is 0.397 e. The number of thiophene rings is 1. The zero-order valence-electron chi connectivity index (χ0n) is 10.7. The summed E-state index contributed by atoms with van der Waals surface area (Å²) in [6, 6.07) is 2.54. The van der Waals surface area contributed by atoms with Crippen molar-refractivity contribution in [3.8, 4) is 0 Å². The molecule has 2 fully saturated rings. The fourth-order valence-corrected chi connectivity index (χ4v) is 3.56. The van der Waals surface area contributed by atoms with Crippen LogP contribution in [0.5, 0.6) is 0 Å². The number of nitrogens with one attached hydrogen (secondary N) is 1. The van der Waals surface area contributed by atoms with Gasteiger partial charge in [0.2, 0.25) is 0 Å². The summed E-state index contributed by atoms with van der Waals surface area (Å²) in [7, 11) is 0. The Balaban J connectivity index is 1.63. The molecule has 0 bridgehead atoms. The highest BCUT2D eigenvalue weighted by Gasteiger charge is 2.37. The topological polar surface area (TPSA) is 55.1 Å². The van der Waals surface area contributed by atoms with Crippen LogP contribution < -0.4 is 11.1 Å². The number of ketones is 1. The average Bonchev–Trinajstić information content (AvgIpc) is 3.21. The van der Waals surface area contributed by atoms with Crippen LogP contribution in [0.4, 0.5) is 10.7 Å². The summed E-state index contributed by atoms with van der Waals surface area (Å²) >= 11 is 1.54. The number of carbonyl (C=O) groups is 1. The van der Waals surface area contributed by atoms with E-state index < -0.39 is 0 Å². The van der Waals surface area contributed by atoms with Crippen LogP contribution in [0.1, 0.15) is 48.7 Å². The maximum Gasteiger partial charge on any atom is 0.178 e. The van der Waals surface area contributed by atoms with Crippen molar-refractivity contribution in [2.75, 3.05) is 11.1 Å². The van der Waals surface area contributed by atoms with Gasteiger partial charge in [-0.3, -0.25) is 4.79 Å². The van der Waals surface area contributed by atoms with Crippen molar-refractivity contribution in [1.82, 2.24) is 0 Å². The van der Waals surface area contributed by atoms with Crippen molar-refractivity contribution in [1.29, 1.82) is 0 Å². The Bertz CT molecular complexity index is 464. The molecule has 2 saturated carbocycles. The van der Waals surface area contributed by atoms with Crippen LogP contribution in [0.2, 0.25) is 0 Å². The molecular weight excluding hydrogens is 244 g/mol. The molecule has 0 aliphatic heterocycles. The molecule has 0 amide bonds. The van der Waals surface area contributed by atoms with Gasteiger partial charge in [-0.2, -0.15) is 0 Å². The SMILES string of the molecule is CCCC1CC1Nc1cc(N)c(C(=O)C2CC2)s1. The first-order valence-corrected chi connectivity index (χ1v) is 7.70. The van der Waals surface area contributed by atoms with E-state index in [2.05, 4.69) is 12.2 Å². The van der Waals surface area contributed by atoms with Crippen LogP contribution in [-0.4, -0.2) is 11.8 Å². The minimum Gasteiger partial charge on any atom is -0.397 e. The zero-order chi connectivity index (χ0) is 12.7. The summed E-state index contributed by atoms with van der Waals surface area (Å²) in [4.78, 5) is 12.8. The van der Waals surface area contributed by atoms with E-state index in [0.29, 0.717) is 11.7 Å². The first-order valence-electron chi connectivity index (χ1n) is 6.89. The van der Waals surface area contributed by atoms with Gasteiger partial charge in [0.1, 0.15) is 0 Å². The van der Waals surface area contributed by atoms with E-state index in [4.69, 9.17) is 5.73 Å². The lowest BCUT2D eigenvalue weighted by Gasteiger charge is -2.01. The minimum absolute atomic E-state index is 0.256. The van der Waals surface area contributed by atoms with Gasteiger partial charge in [-0.25, -0.2) is 0 Å². The summed E-state index contributed by atoms with van der Waals surface area (Å²) in [6.07, 6.45) is 5.89. The summed E-state index contributed by atoms with van der Waals surface area (Å²) in [5.41, 5.74) is 6.61. The molecule has 4 heteroatoms. The van der Waals surface area contributed by atoms with Crippen LogP contribution in [0.3, 0.4) is 0 Å². The van der Waals surface area contributed by atoms with Crippen LogP contribution in [0.15, 0.2) is 6.07 Å². The fraction of sp³-hybridized carbons (Fsp3) is 0.643. The van der Waals surface area contributed by atoms with Gasteiger partial charge >= 0.3 is 0 Å². The quantitative estimate of drug-likeness (QED) is 0.773. The first-order chi connectivity index (χ1) is 8.69. The van der Waals surface area contributed by atoms with Crippen molar-refractivity contribution >= 4 is 27.8 Å². The molecule has 0 saturated heterocycles. The standard InChI is InChI=1S/C14H20N2OS/c1-2-3-9-6-11(9)16-12-7-10(15)14(18-12)13(17)8-4-5-8/h7-9,11,16H,2-6,15H2,1H3. The van der Waals surface area contributed by atoms with E-state index in [1.807, 2.05) is 6.07 Å². The molecule has 18 heavy (non-hydrogen) atoms. The second kappa shape index (κ2) is 4.57. The van der Waals surface area contributed by atoms with E-state index in [-0.39, 0.29) is 11.7 Å². The number of nitrogens with two attached hydrogens (primary N) is 1. The number of nitrogen functional groups attached to an aromatic ring is 1. The predicted molar refractivity (Wildman–Crippen MR) is 76.2 cm³/mol. The number of carbonyl (C=O) groups excluding carboxylic acids is 1. The van der Waals surface area contributed by atoms with E-state index in [1.165, 1.54) is 30.6 Å². The normalized spacial score (nSPS) is 26.1. The van der Waals surface area contributed by atoms with Gasteiger partial charge in [-0.05, 0) is 37.7 Å². The van der Waals surface area contributed by atoms with Crippen molar-refractivity contribution in [3.05, 3.63) is 10.9 Å². The highest BCUT2D eigenvalue weighted by atomic mass is 32.1. The molecule has 98 valence electrons. The maximum atomic E-state index is 12.0. The van der Waals surface area contributed by atoms with E-state index in [0.717, 1.165) is 28.6 Å². The van der Waals surface area contributed by atoms with Crippen molar-refractivity contribution < 1.29 is 4.79 Å². The number of hydrogen-bond acceptors (Lipinski definition) is 4. The van der Waals surface area contributed by atoms with Crippen LogP contribution in [0, 0.1) is 11.8 Å². The molecule has 2 atom stereocenters. The number of hydrogen-bond donors (Lipinski definition) is 2. The highest BCUT2D eigenvalue weighted by molar-refractivity contribution is 7.18. The zero-order valence-corrected chi connectivity index (χ0v) is 11.6. The fourth-order valence-electron chi connectivity index (χ4n) is 2.50. The Labute approximate surface area is 112 Å².